The first-order valence-electron chi connectivity index (χ1n) is 5.73. The highest BCUT2D eigenvalue weighted by Gasteiger charge is 2.30. The molecule has 1 saturated heterocycles. The highest BCUT2D eigenvalue weighted by molar-refractivity contribution is 6.13. The summed E-state index contributed by atoms with van der Waals surface area (Å²) in [7, 11) is 4.19. The first kappa shape index (κ1) is 13.7. The molecule has 2 N–H and O–H groups in total. The van der Waals surface area contributed by atoms with Crippen molar-refractivity contribution in [1.29, 1.82) is 0 Å². The number of urea groups is 1. The number of nitrogens with zero attached hydrogens (tertiary/aromatic N) is 1. The van der Waals surface area contributed by atoms with Crippen molar-refractivity contribution in [1.82, 2.24) is 10.2 Å². The maximum atomic E-state index is 11.8. The smallest absolute Gasteiger partial charge is 0.328 e. The molecule has 0 saturated carbocycles. The maximum absolute atomic E-state index is 11.8. The van der Waals surface area contributed by atoms with E-state index in [1.165, 1.54) is 39.5 Å². The lowest BCUT2D eigenvalue weighted by molar-refractivity contribution is -0.121. The first-order chi connectivity index (χ1) is 9.47. The summed E-state index contributed by atoms with van der Waals surface area (Å²) in [5.41, 5.74) is 0.697. The molecule has 0 spiro atoms. The molecule has 7 heteroatoms. The average Bonchev–Trinajstić information content (AvgIpc) is 2.68. The lowest BCUT2D eigenvalue weighted by Crippen LogP contribution is -2.25. The summed E-state index contributed by atoms with van der Waals surface area (Å²) in [6.45, 7) is 0. The zero-order valence-corrected chi connectivity index (χ0v) is 11.3. The lowest BCUT2D eigenvalue weighted by atomic mass is 10.1. The molecule has 0 unspecified atom stereocenters. The van der Waals surface area contributed by atoms with E-state index in [1.807, 2.05) is 0 Å². The topological polar surface area (TPSA) is 88.1 Å². The number of amides is 3. The van der Waals surface area contributed by atoms with E-state index in [0.29, 0.717) is 5.56 Å². The molecule has 20 heavy (non-hydrogen) atoms. The summed E-state index contributed by atoms with van der Waals surface area (Å²) in [6.07, 6.45) is 1.48. The van der Waals surface area contributed by atoms with Gasteiger partial charge in [-0.3, -0.25) is 9.69 Å². The van der Waals surface area contributed by atoms with Gasteiger partial charge in [0.25, 0.3) is 5.91 Å². The highest BCUT2D eigenvalue weighted by atomic mass is 16.5. The van der Waals surface area contributed by atoms with Crippen LogP contribution in [0.25, 0.3) is 6.08 Å². The molecule has 0 radical (unpaired) electrons. The Labute approximate surface area is 115 Å². The van der Waals surface area contributed by atoms with Gasteiger partial charge in [0, 0.05) is 7.05 Å². The molecule has 1 aliphatic rings. The van der Waals surface area contributed by atoms with Gasteiger partial charge in [-0.15, -0.1) is 0 Å². The molecule has 106 valence electrons. The van der Waals surface area contributed by atoms with Gasteiger partial charge >= 0.3 is 6.03 Å². The molecule has 1 aromatic rings. The van der Waals surface area contributed by atoms with Crippen LogP contribution in [0, 0.1) is 0 Å². The van der Waals surface area contributed by atoms with Gasteiger partial charge < -0.3 is 19.9 Å². The Morgan fingerprint density at radius 1 is 1.20 bits per heavy atom. The van der Waals surface area contributed by atoms with E-state index in [4.69, 9.17) is 9.47 Å². The van der Waals surface area contributed by atoms with Crippen LogP contribution < -0.4 is 14.8 Å². The zero-order chi connectivity index (χ0) is 14.9. The molecule has 2 rings (SSSR count). The number of methoxy groups -OCH3 is 2. The van der Waals surface area contributed by atoms with Crippen molar-refractivity contribution in [2.45, 2.75) is 0 Å². The fourth-order valence-electron chi connectivity index (χ4n) is 1.79. The Morgan fingerprint density at radius 2 is 1.75 bits per heavy atom. The van der Waals surface area contributed by atoms with Crippen LogP contribution in [0.5, 0.6) is 17.2 Å². The van der Waals surface area contributed by atoms with Gasteiger partial charge in [-0.25, -0.2) is 4.79 Å². The van der Waals surface area contributed by atoms with Crippen LogP contribution in [-0.2, 0) is 4.79 Å². The van der Waals surface area contributed by atoms with Crippen LogP contribution in [-0.4, -0.2) is 43.2 Å². The lowest BCUT2D eigenvalue weighted by Gasteiger charge is -2.09. The number of likely N-dealkylation sites (N-methyl/N-ethyl adjacent to an activating group) is 1. The van der Waals surface area contributed by atoms with E-state index in [1.54, 1.807) is 0 Å². The minimum Gasteiger partial charge on any atom is -0.502 e. The second-order valence-electron chi connectivity index (χ2n) is 4.13. The van der Waals surface area contributed by atoms with E-state index in [2.05, 4.69) is 5.32 Å². The van der Waals surface area contributed by atoms with Crippen molar-refractivity contribution in [3.8, 4) is 17.2 Å². The van der Waals surface area contributed by atoms with Crippen LogP contribution >= 0.6 is 0 Å². The van der Waals surface area contributed by atoms with E-state index in [-0.39, 0.29) is 22.9 Å². The van der Waals surface area contributed by atoms with Crippen LogP contribution in [0.2, 0.25) is 0 Å². The maximum Gasteiger partial charge on any atom is 0.328 e. The highest BCUT2D eigenvalue weighted by Crippen LogP contribution is 2.37. The van der Waals surface area contributed by atoms with Gasteiger partial charge in [0.1, 0.15) is 5.70 Å². The molecule has 1 heterocycles. The molecular formula is C13H14N2O5. The van der Waals surface area contributed by atoms with Crippen molar-refractivity contribution in [2.24, 2.45) is 0 Å². The fraction of sp³-hybridized carbons (Fsp3) is 0.231. The summed E-state index contributed by atoms with van der Waals surface area (Å²) in [5.74, 6) is -0.139. The third kappa shape index (κ3) is 2.25. The number of carbonyl (C=O) groups excluding carboxylic acids is 2. The average molecular weight is 278 g/mol. The van der Waals surface area contributed by atoms with Crippen molar-refractivity contribution in [3.05, 3.63) is 23.4 Å². The standard InChI is InChI=1S/C13H14N2O5/c1-15-12(17)8(14-13(15)18)4-7-5-9(19-2)11(16)10(6-7)20-3/h4-6,16H,1-3H3,(H,14,18)/b8-4+. The first-order valence-corrected chi connectivity index (χ1v) is 5.73. The fourth-order valence-corrected chi connectivity index (χ4v) is 1.79. The SMILES string of the molecule is COc1cc(/C=C2/NC(=O)N(C)C2=O)cc(OC)c1O. The van der Waals surface area contributed by atoms with E-state index in [9.17, 15) is 14.7 Å². The molecular weight excluding hydrogens is 264 g/mol. The van der Waals surface area contributed by atoms with Crippen LogP contribution in [0.4, 0.5) is 4.79 Å². The van der Waals surface area contributed by atoms with Gasteiger partial charge in [0.2, 0.25) is 5.75 Å². The number of hydrogen-bond donors (Lipinski definition) is 2. The van der Waals surface area contributed by atoms with Crippen LogP contribution in [0.1, 0.15) is 5.56 Å². The van der Waals surface area contributed by atoms with Crippen molar-refractivity contribution >= 4 is 18.0 Å². The molecule has 0 atom stereocenters. The number of ether oxygens (including phenoxy) is 2. The third-order valence-electron chi connectivity index (χ3n) is 2.89. The normalized spacial score (nSPS) is 16.6. The Kier molecular flexibility index (Phi) is 3.51. The Hall–Kier alpha value is -2.70. The number of imide groups is 1. The van der Waals surface area contributed by atoms with E-state index >= 15 is 0 Å². The summed E-state index contributed by atoms with van der Waals surface area (Å²) in [6, 6.07) is 2.57. The minimum atomic E-state index is -0.487. The predicted octanol–water partition coefficient (Wildman–Crippen LogP) is 0.932. The van der Waals surface area contributed by atoms with Crippen molar-refractivity contribution in [2.75, 3.05) is 21.3 Å². The molecule has 7 nitrogen and oxygen atoms in total. The number of aromatic hydroxyl groups is 1. The number of carbonyl (C=O) groups is 2. The van der Waals surface area contributed by atoms with Gasteiger partial charge in [-0.1, -0.05) is 0 Å². The quantitative estimate of drug-likeness (QED) is 0.634. The molecule has 1 fully saturated rings. The van der Waals surface area contributed by atoms with Crippen LogP contribution in [0.3, 0.4) is 0 Å². The van der Waals surface area contributed by atoms with Gasteiger partial charge in [0.15, 0.2) is 11.5 Å². The second-order valence-corrected chi connectivity index (χ2v) is 4.13. The predicted molar refractivity (Wildman–Crippen MR) is 70.5 cm³/mol. The Morgan fingerprint density at radius 3 is 2.15 bits per heavy atom. The second kappa shape index (κ2) is 5.12. The minimum absolute atomic E-state index is 0.129. The number of benzene rings is 1. The molecule has 0 bridgehead atoms. The molecule has 1 aliphatic heterocycles. The molecule has 0 aliphatic carbocycles. The summed E-state index contributed by atoms with van der Waals surface area (Å²) in [4.78, 5) is 24.1. The van der Waals surface area contributed by atoms with Crippen molar-refractivity contribution in [3.63, 3.8) is 0 Å². The Bertz CT molecular complexity index is 584. The van der Waals surface area contributed by atoms with E-state index in [0.717, 1.165) is 4.90 Å². The van der Waals surface area contributed by atoms with Gasteiger partial charge in [-0.2, -0.15) is 0 Å². The van der Waals surface area contributed by atoms with Crippen molar-refractivity contribution < 1.29 is 24.2 Å². The summed E-state index contributed by atoms with van der Waals surface area (Å²) in [5, 5.41) is 12.2. The number of phenolic OH excluding ortho intramolecular Hbond substituents is 1. The number of hydrogen-bond acceptors (Lipinski definition) is 5. The number of nitrogens with one attached hydrogen (secondary N) is 1. The monoisotopic (exact) mass is 278 g/mol. The molecule has 1 aromatic carbocycles. The van der Waals surface area contributed by atoms with Gasteiger partial charge in [-0.05, 0) is 23.8 Å². The van der Waals surface area contributed by atoms with Gasteiger partial charge in [0.05, 0.1) is 14.2 Å². The number of phenols is 1. The summed E-state index contributed by atoms with van der Waals surface area (Å²) < 4.78 is 10.0. The molecule has 3 amide bonds. The largest absolute Gasteiger partial charge is 0.502 e. The van der Waals surface area contributed by atoms with Crippen LogP contribution in [0.15, 0.2) is 17.8 Å². The Balaban J connectivity index is 2.44. The third-order valence-corrected chi connectivity index (χ3v) is 2.89. The summed E-state index contributed by atoms with van der Waals surface area (Å²) >= 11 is 0. The zero-order valence-electron chi connectivity index (χ0n) is 11.3. The van der Waals surface area contributed by atoms with E-state index < -0.39 is 11.9 Å². The number of rotatable bonds is 3. The molecule has 0 aromatic heterocycles.